The van der Waals surface area contributed by atoms with E-state index in [-0.39, 0.29) is 0 Å². The number of aliphatic carboxylic acids is 1. The van der Waals surface area contributed by atoms with Crippen molar-refractivity contribution in [2.75, 3.05) is 12.0 Å². The molecular weight excluding hydrogens is 488 g/mol. The Bertz CT molecular complexity index is 1120. The van der Waals surface area contributed by atoms with Crippen LogP contribution in [0.4, 0.5) is 0 Å². The zero-order valence-corrected chi connectivity index (χ0v) is 19.9. The van der Waals surface area contributed by atoms with Crippen molar-refractivity contribution in [2.24, 2.45) is 0 Å². The summed E-state index contributed by atoms with van der Waals surface area (Å²) in [7, 11) is 0. The molecular formula is C25H23BrN2O3S. The first-order valence-electron chi connectivity index (χ1n) is 9.98. The van der Waals surface area contributed by atoms with Crippen LogP contribution < -0.4 is 5.32 Å². The van der Waals surface area contributed by atoms with Crippen LogP contribution >= 0.6 is 27.7 Å². The van der Waals surface area contributed by atoms with Gasteiger partial charge in [0.15, 0.2) is 0 Å². The van der Waals surface area contributed by atoms with E-state index in [1.54, 1.807) is 30.2 Å². The molecule has 7 heteroatoms. The number of nitrogens with one attached hydrogen (secondary N) is 1. The van der Waals surface area contributed by atoms with Gasteiger partial charge in [0, 0.05) is 22.4 Å². The molecule has 164 valence electrons. The number of carboxylic acids is 1. The van der Waals surface area contributed by atoms with Crippen LogP contribution in [0.2, 0.25) is 0 Å². The van der Waals surface area contributed by atoms with Crippen LogP contribution in [0, 0.1) is 0 Å². The molecule has 2 aromatic carbocycles. The predicted molar refractivity (Wildman–Crippen MR) is 135 cm³/mol. The number of carbonyl (C=O) groups is 2. The van der Waals surface area contributed by atoms with E-state index in [2.05, 4.69) is 26.2 Å². The summed E-state index contributed by atoms with van der Waals surface area (Å²) in [6.07, 6.45) is 9.67. The van der Waals surface area contributed by atoms with Crippen LogP contribution in [-0.2, 0) is 4.79 Å². The first-order chi connectivity index (χ1) is 15.5. The van der Waals surface area contributed by atoms with Crippen molar-refractivity contribution < 1.29 is 14.7 Å². The van der Waals surface area contributed by atoms with Gasteiger partial charge in [-0.15, -0.1) is 0 Å². The molecule has 1 heterocycles. The lowest BCUT2D eigenvalue weighted by Crippen LogP contribution is -2.41. The minimum absolute atomic E-state index is 0.365. The third-order valence-electron chi connectivity index (χ3n) is 4.78. The molecule has 32 heavy (non-hydrogen) atoms. The number of aromatic nitrogens is 1. The topological polar surface area (TPSA) is 79.3 Å². The molecule has 5 nitrogen and oxygen atoms in total. The van der Waals surface area contributed by atoms with Gasteiger partial charge < -0.3 is 10.4 Å². The fourth-order valence-electron chi connectivity index (χ4n) is 3.16. The van der Waals surface area contributed by atoms with E-state index in [4.69, 9.17) is 0 Å². The van der Waals surface area contributed by atoms with Crippen LogP contribution in [0.3, 0.4) is 0 Å². The van der Waals surface area contributed by atoms with Crippen LogP contribution in [0.25, 0.3) is 23.3 Å². The molecule has 0 aliphatic heterocycles. The zero-order chi connectivity index (χ0) is 22.9. The molecule has 0 bridgehead atoms. The fraction of sp³-hybridized carbons (Fsp3) is 0.160. The Labute approximate surface area is 200 Å². The van der Waals surface area contributed by atoms with Crippen molar-refractivity contribution in [1.82, 2.24) is 10.3 Å². The summed E-state index contributed by atoms with van der Waals surface area (Å²) >= 11 is 4.96. The molecule has 0 saturated carbocycles. The monoisotopic (exact) mass is 510 g/mol. The number of amides is 1. The summed E-state index contributed by atoms with van der Waals surface area (Å²) in [5.74, 6) is -0.781. The molecule has 0 spiro atoms. The summed E-state index contributed by atoms with van der Waals surface area (Å²) < 4.78 is 0.895. The maximum absolute atomic E-state index is 13.0. The molecule has 0 radical (unpaired) electrons. The number of thioether (sulfide) groups is 1. The maximum atomic E-state index is 13.0. The smallest absolute Gasteiger partial charge is 0.326 e. The van der Waals surface area contributed by atoms with E-state index >= 15 is 0 Å². The lowest BCUT2D eigenvalue weighted by Gasteiger charge is -2.16. The number of nitrogens with zero attached hydrogens (tertiary/aromatic N) is 1. The van der Waals surface area contributed by atoms with E-state index < -0.39 is 17.9 Å². The number of hydrogen-bond acceptors (Lipinski definition) is 4. The Kier molecular flexibility index (Phi) is 8.64. The van der Waals surface area contributed by atoms with Gasteiger partial charge in [-0.3, -0.25) is 9.78 Å². The van der Waals surface area contributed by atoms with Gasteiger partial charge in [-0.1, -0.05) is 48.6 Å². The Balaban J connectivity index is 1.93. The van der Waals surface area contributed by atoms with Crippen molar-refractivity contribution in [2.45, 2.75) is 12.5 Å². The van der Waals surface area contributed by atoms with Crippen LogP contribution in [-0.4, -0.2) is 40.0 Å². The van der Waals surface area contributed by atoms with Crippen molar-refractivity contribution in [3.8, 4) is 11.1 Å². The van der Waals surface area contributed by atoms with Gasteiger partial charge in [-0.2, -0.15) is 11.8 Å². The third kappa shape index (κ3) is 6.55. The van der Waals surface area contributed by atoms with Gasteiger partial charge >= 0.3 is 5.97 Å². The van der Waals surface area contributed by atoms with Crippen molar-refractivity contribution in [3.63, 3.8) is 0 Å². The Hall–Kier alpha value is -2.90. The molecule has 3 aromatic rings. The van der Waals surface area contributed by atoms with E-state index in [1.807, 2.05) is 66.9 Å². The van der Waals surface area contributed by atoms with E-state index in [1.165, 1.54) is 0 Å². The van der Waals surface area contributed by atoms with Gasteiger partial charge in [0.1, 0.15) is 6.04 Å². The van der Waals surface area contributed by atoms with E-state index in [0.29, 0.717) is 17.7 Å². The number of carbonyl (C=O) groups excluding carboxylic acids is 1. The van der Waals surface area contributed by atoms with E-state index in [0.717, 1.165) is 26.7 Å². The number of hydrogen-bond donors (Lipinski definition) is 2. The van der Waals surface area contributed by atoms with Gasteiger partial charge in [-0.05, 0) is 74.8 Å². The first kappa shape index (κ1) is 23.8. The maximum Gasteiger partial charge on any atom is 0.326 e. The van der Waals surface area contributed by atoms with Crippen molar-refractivity contribution in [1.29, 1.82) is 0 Å². The standard InChI is InChI=1S/C25H23BrN2O3S/c1-32-12-11-23(25(30)31)28-24(29)21-10-9-17(7-8-18-13-20(26)16-27-15-18)14-22(21)19-5-3-2-4-6-19/h2-10,13-16,23H,11-12H2,1H3,(H,28,29)(H,30,31)/b8-7+. The molecule has 0 aliphatic carbocycles. The largest absolute Gasteiger partial charge is 0.480 e. The second-order valence-corrected chi connectivity index (χ2v) is 8.99. The number of pyridine rings is 1. The van der Waals surface area contributed by atoms with Gasteiger partial charge in [0.05, 0.1) is 0 Å². The molecule has 3 rings (SSSR count). The SMILES string of the molecule is CSCCC(NC(=O)c1ccc(/C=C/c2cncc(Br)c2)cc1-c1ccccc1)C(=O)O. The minimum atomic E-state index is -1.03. The molecule has 0 aliphatic rings. The van der Waals surface area contributed by atoms with Crippen molar-refractivity contribution in [3.05, 3.63) is 88.2 Å². The Morgan fingerprint density at radius 1 is 1.09 bits per heavy atom. The lowest BCUT2D eigenvalue weighted by molar-refractivity contribution is -0.139. The summed E-state index contributed by atoms with van der Waals surface area (Å²) in [6, 6.07) is 16.1. The second-order valence-electron chi connectivity index (χ2n) is 7.09. The van der Waals surface area contributed by atoms with Crippen LogP contribution in [0.5, 0.6) is 0 Å². The number of rotatable bonds is 9. The average Bonchev–Trinajstić information content (AvgIpc) is 2.80. The van der Waals surface area contributed by atoms with Crippen LogP contribution in [0.1, 0.15) is 27.9 Å². The van der Waals surface area contributed by atoms with E-state index in [9.17, 15) is 14.7 Å². The number of benzene rings is 2. The number of halogens is 1. The number of carboxylic acid groups (broad SMARTS) is 1. The predicted octanol–water partition coefficient (Wildman–Crippen LogP) is 5.62. The normalized spacial score (nSPS) is 11.9. The summed E-state index contributed by atoms with van der Waals surface area (Å²) in [6.45, 7) is 0. The van der Waals surface area contributed by atoms with Crippen molar-refractivity contribution >= 4 is 51.7 Å². The Morgan fingerprint density at radius 2 is 1.84 bits per heavy atom. The highest BCUT2D eigenvalue weighted by Gasteiger charge is 2.22. The highest BCUT2D eigenvalue weighted by Crippen LogP contribution is 2.26. The lowest BCUT2D eigenvalue weighted by atomic mass is 9.96. The first-order valence-corrected chi connectivity index (χ1v) is 12.2. The highest BCUT2D eigenvalue weighted by atomic mass is 79.9. The molecule has 2 N–H and O–H groups in total. The Morgan fingerprint density at radius 3 is 2.53 bits per heavy atom. The van der Waals surface area contributed by atoms with Gasteiger partial charge in [0.2, 0.25) is 0 Å². The average molecular weight is 511 g/mol. The summed E-state index contributed by atoms with van der Waals surface area (Å²) in [5, 5.41) is 12.2. The summed E-state index contributed by atoms with van der Waals surface area (Å²) in [5.41, 5.74) is 3.92. The van der Waals surface area contributed by atoms with Crippen LogP contribution in [0.15, 0.2) is 71.5 Å². The molecule has 1 aromatic heterocycles. The minimum Gasteiger partial charge on any atom is -0.480 e. The van der Waals surface area contributed by atoms with Gasteiger partial charge in [-0.25, -0.2) is 4.79 Å². The summed E-state index contributed by atoms with van der Waals surface area (Å²) in [4.78, 5) is 28.8. The van der Waals surface area contributed by atoms with Gasteiger partial charge in [0.25, 0.3) is 5.91 Å². The molecule has 0 fully saturated rings. The third-order valence-corrected chi connectivity index (χ3v) is 5.86. The second kappa shape index (κ2) is 11.6. The fourth-order valence-corrected chi connectivity index (χ4v) is 4.02. The highest BCUT2D eigenvalue weighted by molar-refractivity contribution is 9.10. The zero-order valence-electron chi connectivity index (χ0n) is 17.5. The molecule has 0 saturated heterocycles. The molecule has 1 atom stereocenters. The molecule has 1 unspecified atom stereocenters. The molecule has 1 amide bonds. The quantitative estimate of drug-likeness (QED) is 0.390.